The van der Waals surface area contributed by atoms with Gasteiger partial charge in [0.1, 0.15) is 0 Å². The van der Waals surface area contributed by atoms with E-state index < -0.39 is 0 Å². The molecule has 1 aromatic heterocycles. The molecule has 2 rings (SSSR count). The number of aromatic nitrogens is 1. The Morgan fingerprint density at radius 2 is 2.16 bits per heavy atom. The molecule has 0 radical (unpaired) electrons. The van der Waals surface area contributed by atoms with E-state index in [1.165, 1.54) is 19.3 Å². The average Bonchev–Trinajstić information content (AvgIpc) is 2.36. The van der Waals surface area contributed by atoms with Crippen LogP contribution in [0.1, 0.15) is 51.8 Å². The van der Waals surface area contributed by atoms with Gasteiger partial charge in [0.15, 0.2) is 5.75 Å². The fraction of sp³-hybridized carbons (Fsp3) is 0.667. The van der Waals surface area contributed by atoms with E-state index in [-0.39, 0.29) is 17.2 Å². The smallest absolute Gasteiger partial charge is 0.223 e. The van der Waals surface area contributed by atoms with Crippen LogP contribution in [0.4, 0.5) is 0 Å². The maximum atomic E-state index is 11.7. The summed E-state index contributed by atoms with van der Waals surface area (Å²) in [4.78, 5) is 14.1. The first-order valence-electron chi connectivity index (χ1n) is 7.17. The number of pyridine rings is 1. The molecular weight excluding hydrogens is 240 g/mol. The van der Waals surface area contributed by atoms with Crippen LogP contribution in [0.25, 0.3) is 0 Å². The summed E-state index contributed by atoms with van der Waals surface area (Å²) in [6, 6.07) is 2.39. The Bertz CT molecular complexity index is 493. The molecule has 1 unspecified atom stereocenters. The van der Waals surface area contributed by atoms with E-state index in [2.05, 4.69) is 25.7 Å². The standard InChI is InChI=1S/C15H24N2O2/c1-11(2)17-10-15(19)14(18)8-13(17)9-16-7-5-4-6-12(16)3/h8,10-12,19H,4-7,9H2,1-3H3. The number of likely N-dealkylation sites (tertiary alicyclic amines) is 1. The van der Waals surface area contributed by atoms with Crippen molar-refractivity contribution in [1.82, 2.24) is 9.47 Å². The average molecular weight is 264 g/mol. The molecule has 1 saturated heterocycles. The lowest BCUT2D eigenvalue weighted by Crippen LogP contribution is -2.38. The van der Waals surface area contributed by atoms with Crippen molar-refractivity contribution in [3.63, 3.8) is 0 Å². The maximum absolute atomic E-state index is 11.7. The monoisotopic (exact) mass is 264 g/mol. The maximum Gasteiger partial charge on any atom is 0.223 e. The minimum atomic E-state index is -0.281. The van der Waals surface area contributed by atoms with Crippen LogP contribution in [-0.2, 0) is 6.54 Å². The Hall–Kier alpha value is -1.29. The second-order valence-electron chi connectivity index (χ2n) is 5.83. The third kappa shape index (κ3) is 3.18. The number of hydrogen-bond acceptors (Lipinski definition) is 3. The van der Waals surface area contributed by atoms with Crippen LogP contribution in [-0.4, -0.2) is 27.2 Å². The van der Waals surface area contributed by atoms with E-state index in [9.17, 15) is 9.90 Å². The Morgan fingerprint density at radius 1 is 1.42 bits per heavy atom. The first-order valence-corrected chi connectivity index (χ1v) is 7.17. The second kappa shape index (κ2) is 5.78. The lowest BCUT2D eigenvalue weighted by Gasteiger charge is -2.34. The Kier molecular flexibility index (Phi) is 4.30. The van der Waals surface area contributed by atoms with Gasteiger partial charge in [-0.1, -0.05) is 6.42 Å². The van der Waals surface area contributed by atoms with Crippen molar-refractivity contribution in [2.45, 2.75) is 58.7 Å². The van der Waals surface area contributed by atoms with Gasteiger partial charge in [0, 0.05) is 30.4 Å². The summed E-state index contributed by atoms with van der Waals surface area (Å²) in [6.07, 6.45) is 5.32. The third-order valence-corrected chi connectivity index (χ3v) is 4.01. The molecule has 1 atom stereocenters. The van der Waals surface area contributed by atoms with E-state index in [1.54, 1.807) is 12.3 Å². The van der Waals surface area contributed by atoms with Crippen molar-refractivity contribution in [3.05, 3.63) is 28.2 Å². The number of aromatic hydroxyl groups is 1. The number of nitrogens with zero attached hydrogens (tertiary/aromatic N) is 2. The van der Waals surface area contributed by atoms with Crippen molar-refractivity contribution < 1.29 is 5.11 Å². The van der Waals surface area contributed by atoms with Gasteiger partial charge in [-0.2, -0.15) is 0 Å². The van der Waals surface area contributed by atoms with Crippen LogP contribution >= 0.6 is 0 Å². The van der Waals surface area contributed by atoms with E-state index in [0.29, 0.717) is 6.04 Å². The first-order chi connectivity index (χ1) is 8.99. The van der Waals surface area contributed by atoms with Gasteiger partial charge in [-0.05, 0) is 40.2 Å². The van der Waals surface area contributed by atoms with Gasteiger partial charge in [0.25, 0.3) is 0 Å². The quantitative estimate of drug-likeness (QED) is 0.912. The molecule has 0 spiro atoms. The van der Waals surface area contributed by atoms with Crippen molar-refractivity contribution in [3.8, 4) is 5.75 Å². The SMILES string of the molecule is CC1CCCCN1Cc1cc(=O)c(O)cn1C(C)C. The summed E-state index contributed by atoms with van der Waals surface area (Å²) >= 11 is 0. The predicted molar refractivity (Wildman–Crippen MR) is 76.5 cm³/mol. The number of hydrogen-bond donors (Lipinski definition) is 1. The van der Waals surface area contributed by atoms with Gasteiger partial charge in [-0.3, -0.25) is 9.69 Å². The zero-order valence-electron chi connectivity index (χ0n) is 12.1. The van der Waals surface area contributed by atoms with E-state index in [1.807, 2.05) is 4.57 Å². The summed E-state index contributed by atoms with van der Waals surface area (Å²) in [5.41, 5.74) is 0.711. The fourth-order valence-electron chi connectivity index (χ4n) is 2.79. The van der Waals surface area contributed by atoms with Crippen molar-refractivity contribution in [2.24, 2.45) is 0 Å². The highest BCUT2D eigenvalue weighted by Crippen LogP contribution is 2.20. The van der Waals surface area contributed by atoms with Crippen LogP contribution in [0.2, 0.25) is 0 Å². The minimum Gasteiger partial charge on any atom is -0.503 e. The highest BCUT2D eigenvalue weighted by molar-refractivity contribution is 5.21. The van der Waals surface area contributed by atoms with Crippen molar-refractivity contribution in [1.29, 1.82) is 0 Å². The Morgan fingerprint density at radius 3 is 2.79 bits per heavy atom. The molecule has 1 aliphatic rings. The highest BCUT2D eigenvalue weighted by atomic mass is 16.3. The van der Waals surface area contributed by atoms with Crippen LogP contribution in [0.3, 0.4) is 0 Å². The van der Waals surface area contributed by atoms with Crippen molar-refractivity contribution in [2.75, 3.05) is 6.54 Å². The van der Waals surface area contributed by atoms with Gasteiger partial charge < -0.3 is 9.67 Å². The molecule has 1 aromatic rings. The van der Waals surface area contributed by atoms with Crippen LogP contribution in [0.5, 0.6) is 5.75 Å². The molecule has 0 bridgehead atoms. The number of rotatable bonds is 3. The van der Waals surface area contributed by atoms with Gasteiger partial charge in [-0.25, -0.2) is 0 Å². The molecule has 0 amide bonds. The molecule has 4 nitrogen and oxygen atoms in total. The lowest BCUT2D eigenvalue weighted by molar-refractivity contribution is 0.148. The van der Waals surface area contributed by atoms with Gasteiger partial charge >= 0.3 is 0 Å². The van der Waals surface area contributed by atoms with Crippen LogP contribution < -0.4 is 5.43 Å². The zero-order chi connectivity index (χ0) is 14.0. The molecule has 1 fully saturated rings. The molecule has 19 heavy (non-hydrogen) atoms. The highest BCUT2D eigenvalue weighted by Gasteiger charge is 2.20. The summed E-state index contributed by atoms with van der Waals surface area (Å²) in [5.74, 6) is -0.163. The fourth-order valence-corrected chi connectivity index (χ4v) is 2.79. The molecule has 1 aliphatic heterocycles. The van der Waals surface area contributed by atoms with Gasteiger partial charge in [0.2, 0.25) is 5.43 Å². The molecule has 0 saturated carbocycles. The van der Waals surface area contributed by atoms with E-state index in [0.717, 1.165) is 18.8 Å². The molecule has 0 aliphatic carbocycles. The molecule has 1 N–H and O–H groups in total. The van der Waals surface area contributed by atoms with Crippen LogP contribution in [0, 0.1) is 0 Å². The normalized spacial score (nSPS) is 20.9. The Balaban J connectivity index is 2.28. The second-order valence-corrected chi connectivity index (χ2v) is 5.83. The minimum absolute atomic E-state index is 0.163. The first kappa shape index (κ1) is 14.1. The summed E-state index contributed by atoms with van der Waals surface area (Å²) in [5, 5.41) is 9.58. The predicted octanol–water partition coefficient (Wildman–Crippen LogP) is 2.51. The Labute approximate surface area is 114 Å². The molecular formula is C15H24N2O2. The largest absolute Gasteiger partial charge is 0.503 e. The van der Waals surface area contributed by atoms with Crippen LogP contribution in [0.15, 0.2) is 17.1 Å². The lowest BCUT2D eigenvalue weighted by atomic mass is 10.0. The molecule has 0 aromatic carbocycles. The van der Waals surface area contributed by atoms with Gasteiger partial charge in [0.05, 0.1) is 6.20 Å². The number of piperidine rings is 1. The molecule has 2 heterocycles. The van der Waals surface area contributed by atoms with E-state index >= 15 is 0 Å². The van der Waals surface area contributed by atoms with Gasteiger partial charge in [-0.15, -0.1) is 0 Å². The molecule has 106 valence electrons. The summed E-state index contributed by atoms with van der Waals surface area (Å²) in [7, 11) is 0. The topological polar surface area (TPSA) is 45.5 Å². The van der Waals surface area contributed by atoms with E-state index in [4.69, 9.17) is 0 Å². The summed E-state index contributed by atoms with van der Waals surface area (Å²) in [6.45, 7) is 8.25. The summed E-state index contributed by atoms with van der Waals surface area (Å²) < 4.78 is 2.00. The van der Waals surface area contributed by atoms with Crippen molar-refractivity contribution >= 4 is 0 Å². The third-order valence-electron chi connectivity index (χ3n) is 4.01. The zero-order valence-corrected chi connectivity index (χ0v) is 12.1. The molecule has 4 heteroatoms.